The lowest BCUT2D eigenvalue weighted by Crippen LogP contribution is -2.53. The van der Waals surface area contributed by atoms with Gasteiger partial charge in [0, 0.05) is 18.1 Å². The fourth-order valence-corrected chi connectivity index (χ4v) is 3.35. The van der Waals surface area contributed by atoms with Crippen molar-refractivity contribution in [2.24, 2.45) is 0 Å². The molecule has 0 spiro atoms. The summed E-state index contributed by atoms with van der Waals surface area (Å²) < 4.78 is 0. The highest BCUT2D eigenvalue weighted by atomic mass is 15.2. The molecule has 3 unspecified atom stereocenters. The smallest absolute Gasteiger partial charge is 0.0223 e. The zero-order valence-corrected chi connectivity index (χ0v) is 12.3. The first-order chi connectivity index (χ1) is 8.24. The van der Waals surface area contributed by atoms with Gasteiger partial charge in [0.15, 0.2) is 0 Å². The van der Waals surface area contributed by atoms with E-state index >= 15 is 0 Å². The Hall–Kier alpha value is -0.0800. The van der Waals surface area contributed by atoms with Gasteiger partial charge < -0.3 is 5.32 Å². The van der Waals surface area contributed by atoms with Crippen LogP contribution in [0.3, 0.4) is 0 Å². The first-order valence-corrected chi connectivity index (χ1v) is 7.73. The average Bonchev–Trinajstić information content (AvgIpc) is 2.36. The maximum absolute atomic E-state index is 3.65. The Kier molecular flexibility index (Phi) is 7.14. The Morgan fingerprint density at radius 3 is 2.59 bits per heavy atom. The summed E-state index contributed by atoms with van der Waals surface area (Å²) in [4.78, 5) is 2.78. The number of nitrogens with zero attached hydrogens (tertiary/aromatic N) is 1. The molecule has 102 valence electrons. The Morgan fingerprint density at radius 2 is 2.00 bits per heavy atom. The second kappa shape index (κ2) is 8.10. The van der Waals surface area contributed by atoms with Crippen LogP contribution in [0.15, 0.2) is 0 Å². The van der Waals surface area contributed by atoms with Crippen LogP contribution in [-0.2, 0) is 0 Å². The molecule has 0 aromatic heterocycles. The molecule has 0 amide bonds. The van der Waals surface area contributed by atoms with Crippen LogP contribution < -0.4 is 5.32 Å². The molecule has 17 heavy (non-hydrogen) atoms. The summed E-state index contributed by atoms with van der Waals surface area (Å²) in [6, 6.07) is 2.20. The van der Waals surface area contributed by atoms with Crippen LogP contribution in [0.4, 0.5) is 0 Å². The van der Waals surface area contributed by atoms with Gasteiger partial charge in [-0.25, -0.2) is 0 Å². The van der Waals surface area contributed by atoms with Crippen molar-refractivity contribution in [1.82, 2.24) is 10.2 Å². The molecule has 2 nitrogen and oxygen atoms in total. The van der Waals surface area contributed by atoms with Gasteiger partial charge in [-0.05, 0) is 45.7 Å². The molecule has 0 saturated carbocycles. The highest BCUT2D eigenvalue weighted by Crippen LogP contribution is 2.24. The highest BCUT2D eigenvalue weighted by Gasteiger charge is 2.29. The average molecular weight is 240 g/mol. The number of hydrogen-bond acceptors (Lipinski definition) is 2. The predicted molar refractivity (Wildman–Crippen MR) is 76.5 cm³/mol. The SMILES string of the molecule is CCCC1CCCCN1C(C)C(CC)NCC. The van der Waals surface area contributed by atoms with Crippen LogP contribution in [0.1, 0.15) is 66.2 Å². The molecule has 0 aliphatic carbocycles. The standard InChI is InChI=1S/C15H32N2/c1-5-10-14-11-8-9-12-17(14)13(4)15(6-2)16-7-3/h13-16H,5-12H2,1-4H3. The van der Waals surface area contributed by atoms with E-state index < -0.39 is 0 Å². The molecule has 2 heteroatoms. The van der Waals surface area contributed by atoms with E-state index in [1.165, 1.54) is 45.1 Å². The third-order valence-electron chi connectivity index (χ3n) is 4.31. The molecule has 1 saturated heterocycles. The largest absolute Gasteiger partial charge is 0.313 e. The van der Waals surface area contributed by atoms with Gasteiger partial charge in [0.25, 0.3) is 0 Å². The number of likely N-dealkylation sites (tertiary alicyclic amines) is 1. The molecule has 1 N–H and O–H groups in total. The Balaban J connectivity index is 2.58. The fraction of sp³-hybridized carbons (Fsp3) is 1.00. The first-order valence-electron chi connectivity index (χ1n) is 7.73. The number of rotatable bonds is 7. The first kappa shape index (κ1) is 15.0. The molecular weight excluding hydrogens is 208 g/mol. The normalized spacial score (nSPS) is 25.8. The van der Waals surface area contributed by atoms with Crippen LogP contribution in [-0.4, -0.2) is 36.1 Å². The lowest BCUT2D eigenvalue weighted by atomic mass is 9.94. The molecule has 1 fully saturated rings. The third-order valence-corrected chi connectivity index (χ3v) is 4.31. The predicted octanol–water partition coefficient (Wildman–Crippen LogP) is 3.42. The van der Waals surface area contributed by atoms with E-state index in [4.69, 9.17) is 0 Å². The van der Waals surface area contributed by atoms with Crippen molar-refractivity contribution in [2.75, 3.05) is 13.1 Å². The molecule has 1 aliphatic heterocycles. The fourth-order valence-electron chi connectivity index (χ4n) is 3.35. The van der Waals surface area contributed by atoms with Gasteiger partial charge in [0.1, 0.15) is 0 Å². The highest BCUT2D eigenvalue weighted by molar-refractivity contribution is 4.86. The Bertz CT molecular complexity index is 191. The van der Waals surface area contributed by atoms with Gasteiger partial charge in [0.2, 0.25) is 0 Å². The monoisotopic (exact) mass is 240 g/mol. The van der Waals surface area contributed by atoms with Gasteiger partial charge in [0.05, 0.1) is 0 Å². The van der Waals surface area contributed by atoms with Crippen LogP contribution in [0.25, 0.3) is 0 Å². The Morgan fingerprint density at radius 1 is 1.24 bits per heavy atom. The van der Waals surface area contributed by atoms with Crippen LogP contribution >= 0.6 is 0 Å². The summed E-state index contributed by atoms with van der Waals surface area (Å²) in [5, 5.41) is 3.65. The summed E-state index contributed by atoms with van der Waals surface area (Å²) in [6.07, 6.45) is 8.20. The topological polar surface area (TPSA) is 15.3 Å². The maximum Gasteiger partial charge on any atom is 0.0223 e. The molecule has 3 atom stereocenters. The summed E-state index contributed by atoms with van der Waals surface area (Å²) in [7, 11) is 0. The summed E-state index contributed by atoms with van der Waals surface area (Å²) in [5.74, 6) is 0. The number of piperidine rings is 1. The molecule has 1 aliphatic rings. The number of hydrogen-bond donors (Lipinski definition) is 1. The number of likely N-dealkylation sites (N-methyl/N-ethyl adjacent to an activating group) is 1. The van der Waals surface area contributed by atoms with Gasteiger partial charge in [-0.3, -0.25) is 4.90 Å². The summed E-state index contributed by atoms with van der Waals surface area (Å²) >= 11 is 0. The van der Waals surface area contributed by atoms with Crippen molar-refractivity contribution >= 4 is 0 Å². The van der Waals surface area contributed by atoms with Gasteiger partial charge >= 0.3 is 0 Å². The zero-order valence-electron chi connectivity index (χ0n) is 12.3. The van der Waals surface area contributed by atoms with Gasteiger partial charge in [-0.15, -0.1) is 0 Å². The molecule has 0 aromatic rings. The van der Waals surface area contributed by atoms with E-state index in [1.807, 2.05) is 0 Å². The van der Waals surface area contributed by atoms with Crippen LogP contribution in [0.2, 0.25) is 0 Å². The van der Waals surface area contributed by atoms with E-state index in [1.54, 1.807) is 0 Å². The van der Waals surface area contributed by atoms with Crippen molar-refractivity contribution < 1.29 is 0 Å². The van der Waals surface area contributed by atoms with Crippen molar-refractivity contribution in [3.63, 3.8) is 0 Å². The van der Waals surface area contributed by atoms with E-state index in [2.05, 4.69) is 37.9 Å². The molecule has 1 heterocycles. The minimum absolute atomic E-state index is 0.664. The molecule has 0 bridgehead atoms. The molecule has 0 radical (unpaired) electrons. The second-order valence-corrected chi connectivity index (χ2v) is 5.49. The summed E-state index contributed by atoms with van der Waals surface area (Å²) in [6.45, 7) is 11.7. The van der Waals surface area contributed by atoms with Crippen molar-refractivity contribution in [3.8, 4) is 0 Å². The van der Waals surface area contributed by atoms with E-state index in [0.717, 1.165) is 12.6 Å². The lowest BCUT2D eigenvalue weighted by Gasteiger charge is -2.43. The minimum Gasteiger partial charge on any atom is -0.313 e. The summed E-state index contributed by atoms with van der Waals surface area (Å²) in [5.41, 5.74) is 0. The van der Waals surface area contributed by atoms with Crippen LogP contribution in [0.5, 0.6) is 0 Å². The van der Waals surface area contributed by atoms with Crippen LogP contribution in [0, 0.1) is 0 Å². The van der Waals surface area contributed by atoms with Crippen molar-refractivity contribution in [3.05, 3.63) is 0 Å². The Labute approximate surface area is 108 Å². The van der Waals surface area contributed by atoms with E-state index in [9.17, 15) is 0 Å². The minimum atomic E-state index is 0.664. The molecule has 0 aromatic carbocycles. The van der Waals surface area contributed by atoms with Crippen molar-refractivity contribution in [1.29, 1.82) is 0 Å². The van der Waals surface area contributed by atoms with Gasteiger partial charge in [-0.2, -0.15) is 0 Å². The molecular formula is C15H32N2. The zero-order chi connectivity index (χ0) is 12.7. The third kappa shape index (κ3) is 4.26. The van der Waals surface area contributed by atoms with E-state index in [-0.39, 0.29) is 0 Å². The second-order valence-electron chi connectivity index (χ2n) is 5.49. The van der Waals surface area contributed by atoms with Gasteiger partial charge in [-0.1, -0.05) is 33.6 Å². The number of nitrogens with one attached hydrogen (secondary N) is 1. The molecule has 1 rings (SSSR count). The van der Waals surface area contributed by atoms with E-state index in [0.29, 0.717) is 12.1 Å². The quantitative estimate of drug-likeness (QED) is 0.733. The van der Waals surface area contributed by atoms with Crippen molar-refractivity contribution in [2.45, 2.75) is 84.3 Å². The lowest BCUT2D eigenvalue weighted by molar-refractivity contribution is 0.0748. The maximum atomic E-state index is 3.65.